The first-order valence-corrected chi connectivity index (χ1v) is 7.81. The molecule has 0 N–H and O–H groups in total. The standard InChI is InChI=1S/C16H23N3O3/c1-17-8-9-22-14-11-19(7-6-12(14)10-17)16(21)13-4-3-5-15(20)18(13)2/h3-5,12,14H,6-11H2,1-2H3/t12-,14-/m1/s1. The first kappa shape index (κ1) is 15.2. The minimum Gasteiger partial charge on any atom is -0.375 e. The number of likely N-dealkylation sites (tertiary alicyclic amines) is 1. The summed E-state index contributed by atoms with van der Waals surface area (Å²) in [5.74, 6) is 0.399. The summed E-state index contributed by atoms with van der Waals surface area (Å²) in [7, 11) is 3.75. The van der Waals surface area contributed by atoms with Gasteiger partial charge in [-0.25, -0.2) is 0 Å². The molecule has 1 aromatic rings. The third-order valence-electron chi connectivity index (χ3n) is 4.74. The number of likely N-dealkylation sites (N-methyl/N-ethyl adjacent to an activating group) is 1. The topological polar surface area (TPSA) is 54.8 Å². The van der Waals surface area contributed by atoms with Crippen LogP contribution in [0.15, 0.2) is 23.0 Å². The third-order valence-corrected chi connectivity index (χ3v) is 4.74. The Morgan fingerprint density at radius 2 is 2.05 bits per heavy atom. The van der Waals surface area contributed by atoms with Gasteiger partial charge in [-0.05, 0) is 19.5 Å². The van der Waals surface area contributed by atoms with Gasteiger partial charge in [-0.1, -0.05) is 6.07 Å². The maximum Gasteiger partial charge on any atom is 0.270 e. The van der Waals surface area contributed by atoms with Crippen LogP contribution in [0.25, 0.3) is 0 Å². The largest absolute Gasteiger partial charge is 0.375 e. The normalized spacial score (nSPS) is 26.4. The summed E-state index contributed by atoms with van der Waals surface area (Å²) in [6, 6.07) is 4.81. The summed E-state index contributed by atoms with van der Waals surface area (Å²) in [6.45, 7) is 4.01. The van der Waals surface area contributed by atoms with Gasteiger partial charge >= 0.3 is 0 Å². The molecule has 3 heterocycles. The van der Waals surface area contributed by atoms with Crippen LogP contribution in [0, 0.1) is 5.92 Å². The number of ether oxygens (including phenoxy) is 1. The van der Waals surface area contributed by atoms with Gasteiger partial charge in [0.1, 0.15) is 5.69 Å². The van der Waals surface area contributed by atoms with Crippen LogP contribution in [-0.4, -0.2) is 66.2 Å². The van der Waals surface area contributed by atoms with Gasteiger partial charge in [0.15, 0.2) is 0 Å². The monoisotopic (exact) mass is 305 g/mol. The van der Waals surface area contributed by atoms with E-state index in [4.69, 9.17) is 4.74 Å². The summed E-state index contributed by atoms with van der Waals surface area (Å²) in [4.78, 5) is 28.5. The molecular formula is C16H23N3O3. The van der Waals surface area contributed by atoms with Crippen molar-refractivity contribution < 1.29 is 9.53 Å². The lowest BCUT2D eigenvalue weighted by molar-refractivity contribution is -0.0173. The Balaban J connectivity index is 1.75. The average molecular weight is 305 g/mol. The molecule has 6 nitrogen and oxygen atoms in total. The zero-order chi connectivity index (χ0) is 15.7. The molecule has 2 fully saturated rings. The zero-order valence-corrected chi connectivity index (χ0v) is 13.2. The summed E-state index contributed by atoms with van der Waals surface area (Å²) < 4.78 is 7.36. The van der Waals surface area contributed by atoms with E-state index in [0.717, 1.165) is 26.1 Å². The Morgan fingerprint density at radius 3 is 2.86 bits per heavy atom. The lowest BCUT2D eigenvalue weighted by Crippen LogP contribution is -2.49. The van der Waals surface area contributed by atoms with Gasteiger partial charge in [-0.2, -0.15) is 0 Å². The van der Waals surface area contributed by atoms with Gasteiger partial charge in [-0.3, -0.25) is 9.59 Å². The number of rotatable bonds is 1. The first-order valence-electron chi connectivity index (χ1n) is 7.81. The fraction of sp³-hybridized carbons (Fsp3) is 0.625. The maximum absolute atomic E-state index is 12.7. The van der Waals surface area contributed by atoms with E-state index in [9.17, 15) is 9.59 Å². The third kappa shape index (κ3) is 2.94. The van der Waals surface area contributed by atoms with Gasteiger partial charge in [0, 0.05) is 45.2 Å². The second kappa shape index (κ2) is 6.22. The maximum atomic E-state index is 12.7. The number of carbonyl (C=O) groups excluding carboxylic acids is 1. The van der Waals surface area contributed by atoms with E-state index in [1.165, 1.54) is 10.6 Å². The van der Waals surface area contributed by atoms with Crippen molar-refractivity contribution in [3.05, 3.63) is 34.2 Å². The summed E-state index contributed by atoms with van der Waals surface area (Å²) in [5, 5.41) is 0. The molecule has 1 aromatic heterocycles. The number of hydrogen-bond donors (Lipinski definition) is 0. The van der Waals surface area contributed by atoms with Crippen molar-refractivity contribution in [3.8, 4) is 0 Å². The van der Waals surface area contributed by atoms with E-state index < -0.39 is 0 Å². The Hall–Kier alpha value is -1.66. The number of amides is 1. The highest BCUT2D eigenvalue weighted by molar-refractivity contribution is 5.92. The van der Waals surface area contributed by atoms with E-state index in [1.807, 2.05) is 4.90 Å². The second-order valence-electron chi connectivity index (χ2n) is 6.28. The number of carbonyl (C=O) groups is 1. The van der Waals surface area contributed by atoms with Crippen LogP contribution in [0.3, 0.4) is 0 Å². The first-order chi connectivity index (χ1) is 10.6. The molecule has 2 atom stereocenters. The minimum atomic E-state index is -0.159. The average Bonchev–Trinajstić information content (AvgIpc) is 2.69. The van der Waals surface area contributed by atoms with E-state index in [1.54, 1.807) is 19.2 Å². The predicted octanol–water partition coefficient (Wildman–Crippen LogP) is 0.178. The molecule has 0 saturated carbocycles. The van der Waals surface area contributed by atoms with E-state index >= 15 is 0 Å². The van der Waals surface area contributed by atoms with Gasteiger partial charge < -0.3 is 19.1 Å². The van der Waals surface area contributed by atoms with Gasteiger partial charge in [0.25, 0.3) is 11.5 Å². The lowest BCUT2D eigenvalue weighted by atomic mass is 9.93. The van der Waals surface area contributed by atoms with E-state index in [-0.39, 0.29) is 17.6 Å². The number of fused-ring (bicyclic) bond motifs is 1. The molecule has 0 spiro atoms. The van der Waals surface area contributed by atoms with E-state index in [2.05, 4.69) is 11.9 Å². The molecule has 2 saturated heterocycles. The summed E-state index contributed by atoms with van der Waals surface area (Å²) >= 11 is 0. The molecule has 0 aliphatic carbocycles. The second-order valence-corrected chi connectivity index (χ2v) is 6.28. The molecule has 0 unspecified atom stereocenters. The number of hydrogen-bond acceptors (Lipinski definition) is 4. The Kier molecular flexibility index (Phi) is 4.31. The molecule has 6 heteroatoms. The molecule has 3 rings (SSSR count). The van der Waals surface area contributed by atoms with Crippen molar-refractivity contribution in [2.24, 2.45) is 13.0 Å². The Labute approximate surface area is 130 Å². The van der Waals surface area contributed by atoms with Crippen LogP contribution < -0.4 is 5.56 Å². The van der Waals surface area contributed by atoms with Crippen LogP contribution in [0.4, 0.5) is 0 Å². The molecule has 1 amide bonds. The highest BCUT2D eigenvalue weighted by Gasteiger charge is 2.34. The number of pyridine rings is 1. The Bertz CT molecular complexity index is 613. The van der Waals surface area contributed by atoms with Crippen LogP contribution >= 0.6 is 0 Å². The van der Waals surface area contributed by atoms with Gasteiger partial charge in [-0.15, -0.1) is 0 Å². The van der Waals surface area contributed by atoms with Crippen LogP contribution in [-0.2, 0) is 11.8 Å². The fourth-order valence-corrected chi connectivity index (χ4v) is 3.34. The highest BCUT2D eigenvalue weighted by atomic mass is 16.5. The van der Waals surface area contributed by atoms with Crippen molar-refractivity contribution in [1.82, 2.24) is 14.4 Å². The SMILES string of the molecule is CN1CCO[C@@H]2CN(C(=O)c3cccc(=O)n3C)CC[C@@H]2C1. The van der Waals surface area contributed by atoms with Gasteiger partial charge in [0.2, 0.25) is 0 Å². The molecule has 0 aromatic carbocycles. The number of piperidine rings is 1. The lowest BCUT2D eigenvalue weighted by Gasteiger charge is -2.37. The zero-order valence-electron chi connectivity index (χ0n) is 13.2. The summed E-state index contributed by atoms with van der Waals surface area (Å²) in [5.41, 5.74) is 0.282. The van der Waals surface area contributed by atoms with Crippen LogP contribution in [0.5, 0.6) is 0 Å². The van der Waals surface area contributed by atoms with Crippen molar-refractivity contribution in [2.75, 3.05) is 39.8 Å². The molecule has 0 bridgehead atoms. The minimum absolute atomic E-state index is 0.0835. The van der Waals surface area contributed by atoms with Crippen LogP contribution in [0.1, 0.15) is 16.9 Å². The number of aromatic nitrogens is 1. The van der Waals surface area contributed by atoms with Crippen molar-refractivity contribution in [1.29, 1.82) is 0 Å². The molecule has 120 valence electrons. The highest BCUT2D eigenvalue weighted by Crippen LogP contribution is 2.24. The van der Waals surface area contributed by atoms with Crippen LogP contribution in [0.2, 0.25) is 0 Å². The number of nitrogens with zero attached hydrogens (tertiary/aromatic N) is 3. The fourth-order valence-electron chi connectivity index (χ4n) is 3.34. The summed E-state index contributed by atoms with van der Waals surface area (Å²) in [6.07, 6.45) is 1.05. The molecular weight excluding hydrogens is 282 g/mol. The smallest absolute Gasteiger partial charge is 0.270 e. The van der Waals surface area contributed by atoms with Crippen molar-refractivity contribution in [3.63, 3.8) is 0 Å². The Morgan fingerprint density at radius 1 is 1.23 bits per heavy atom. The molecule has 22 heavy (non-hydrogen) atoms. The molecule has 2 aliphatic rings. The van der Waals surface area contributed by atoms with E-state index in [0.29, 0.717) is 24.8 Å². The molecule has 0 radical (unpaired) electrons. The molecule has 2 aliphatic heterocycles. The van der Waals surface area contributed by atoms with Crippen molar-refractivity contribution in [2.45, 2.75) is 12.5 Å². The predicted molar refractivity (Wildman–Crippen MR) is 82.9 cm³/mol. The quantitative estimate of drug-likeness (QED) is 0.743. The van der Waals surface area contributed by atoms with Crippen molar-refractivity contribution >= 4 is 5.91 Å². The van der Waals surface area contributed by atoms with Gasteiger partial charge in [0.05, 0.1) is 12.7 Å².